The number of piperazine rings is 1. The van der Waals surface area contributed by atoms with Crippen molar-refractivity contribution >= 4 is 72.5 Å². The van der Waals surface area contributed by atoms with Crippen molar-refractivity contribution in [2.24, 2.45) is 0 Å². The van der Waals surface area contributed by atoms with E-state index in [0.717, 1.165) is 187 Å². The van der Waals surface area contributed by atoms with Crippen LogP contribution in [0.25, 0.3) is 112 Å². The van der Waals surface area contributed by atoms with Crippen molar-refractivity contribution in [3.8, 4) is 45.6 Å². The zero-order valence-electron chi connectivity index (χ0n) is 66.9. The molecule has 0 aromatic carbocycles. The Labute approximate surface area is 671 Å². The van der Waals surface area contributed by atoms with Gasteiger partial charge in [-0.15, -0.1) is 0 Å². The van der Waals surface area contributed by atoms with Gasteiger partial charge in [0.2, 0.25) is 0 Å². The molecular formula is C89H89N23O5. The Kier molecular flexibility index (Phi) is 20.1. The average Bonchev–Trinajstić information content (AvgIpc) is 1.66. The summed E-state index contributed by atoms with van der Waals surface area (Å²) >= 11 is 0. The topological polar surface area (TPSA) is 279 Å². The number of likely N-dealkylation sites (N-methyl/N-ethyl adjacent to an activating group) is 2. The number of pyridine rings is 5. The van der Waals surface area contributed by atoms with E-state index in [1.54, 1.807) is 57.2 Å². The fourth-order valence-electron chi connectivity index (χ4n) is 16.0. The number of aromatic nitrogens is 18. The molecule has 21 rings (SSSR count). The second-order valence-corrected chi connectivity index (χ2v) is 31.0. The van der Waals surface area contributed by atoms with Gasteiger partial charge in [0.1, 0.15) is 45.4 Å². The summed E-state index contributed by atoms with van der Waals surface area (Å²) in [6.45, 7) is 26.7. The van der Waals surface area contributed by atoms with Crippen LogP contribution in [0.15, 0.2) is 195 Å². The highest BCUT2D eigenvalue weighted by atomic mass is 16.3. The summed E-state index contributed by atoms with van der Waals surface area (Å²) in [5.74, 6) is 0.580. The van der Waals surface area contributed by atoms with E-state index in [1.165, 1.54) is 35.6 Å². The molecule has 28 nitrogen and oxygen atoms in total. The van der Waals surface area contributed by atoms with Crippen LogP contribution >= 0.6 is 0 Å². The molecule has 1 aliphatic carbocycles. The molecule has 1 N–H and O–H groups in total. The third kappa shape index (κ3) is 15.6. The summed E-state index contributed by atoms with van der Waals surface area (Å²) in [5.41, 5.74) is 24.3. The first kappa shape index (κ1) is 75.2. The molecule has 2 fully saturated rings. The van der Waals surface area contributed by atoms with Gasteiger partial charge in [0.25, 0.3) is 22.2 Å². The highest BCUT2D eigenvalue weighted by molar-refractivity contribution is 5.84. The van der Waals surface area contributed by atoms with Crippen molar-refractivity contribution in [1.29, 1.82) is 0 Å². The van der Waals surface area contributed by atoms with Crippen LogP contribution in [0, 0.1) is 48.5 Å². The summed E-state index contributed by atoms with van der Waals surface area (Å²) in [4.78, 5) is 97.3. The average molecular weight is 1560 g/mol. The summed E-state index contributed by atoms with van der Waals surface area (Å²) in [5, 5.41) is 18.1. The van der Waals surface area contributed by atoms with Crippen LogP contribution in [0.2, 0.25) is 0 Å². The van der Waals surface area contributed by atoms with Crippen molar-refractivity contribution < 1.29 is 4.42 Å². The lowest BCUT2D eigenvalue weighted by molar-refractivity contribution is 0.291. The lowest BCUT2D eigenvalue weighted by atomic mass is 9.99. The van der Waals surface area contributed by atoms with Crippen molar-refractivity contribution in [1.82, 2.24) is 106 Å². The van der Waals surface area contributed by atoms with E-state index < -0.39 is 0 Å². The molecule has 16 aromatic rings. The molecule has 0 amide bonds. The fourth-order valence-corrected chi connectivity index (χ4v) is 16.0. The predicted molar refractivity (Wildman–Crippen MR) is 455 cm³/mol. The molecule has 0 spiro atoms. The maximum Gasteiger partial charge on any atom is 0.258 e. The molecule has 16 aromatic heterocycles. The zero-order valence-corrected chi connectivity index (χ0v) is 66.9. The molecule has 5 aliphatic rings. The lowest BCUT2D eigenvalue weighted by Crippen LogP contribution is -2.43. The fraction of sp³-hybridized carbons (Fsp3) is 0.292. The van der Waals surface area contributed by atoms with E-state index in [-0.39, 0.29) is 22.2 Å². The molecule has 4 aliphatic heterocycles. The maximum absolute atomic E-state index is 13.1. The van der Waals surface area contributed by atoms with E-state index in [4.69, 9.17) is 9.40 Å². The van der Waals surface area contributed by atoms with E-state index in [1.807, 2.05) is 157 Å². The summed E-state index contributed by atoms with van der Waals surface area (Å²) in [6, 6.07) is 30.6. The van der Waals surface area contributed by atoms with Gasteiger partial charge in [-0.05, 0) is 206 Å². The van der Waals surface area contributed by atoms with Crippen molar-refractivity contribution in [2.75, 3.05) is 83.9 Å². The van der Waals surface area contributed by atoms with E-state index in [0.29, 0.717) is 68.2 Å². The van der Waals surface area contributed by atoms with Gasteiger partial charge in [-0.2, -0.15) is 15.3 Å². The smallest absolute Gasteiger partial charge is 0.258 e. The Bertz CT molecular complexity index is 7000. The second kappa shape index (κ2) is 31.2. The van der Waals surface area contributed by atoms with Gasteiger partial charge in [-0.1, -0.05) is 25.2 Å². The Balaban J connectivity index is 0.000000108. The number of nitrogens with zero attached hydrogens (tertiary/aromatic N) is 22. The van der Waals surface area contributed by atoms with Gasteiger partial charge in [0.05, 0.1) is 98.8 Å². The van der Waals surface area contributed by atoms with Crippen LogP contribution in [-0.2, 0) is 0 Å². The molecule has 1 saturated heterocycles. The lowest BCUT2D eigenvalue weighted by Gasteiger charge is -2.29. The predicted octanol–water partition coefficient (Wildman–Crippen LogP) is 11.4. The molecule has 20 heterocycles. The number of aryl methyl sites for hydroxylation is 7. The van der Waals surface area contributed by atoms with Crippen LogP contribution in [0.3, 0.4) is 0 Å². The van der Waals surface area contributed by atoms with E-state index >= 15 is 0 Å². The molecule has 0 atom stereocenters. The van der Waals surface area contributed by atoms with Gasteiger partial charge in [0.15, 0.2) is 11.3 Å². The van der Waals surface area contributed by atoms with E-state index in [2.05, 4.69) is 119 Å². The minimum atomic E-state index is -0.122. The normalized spacial score (nSPS) is 15.7. The van der Waals surface area contributed by atoms with Gasteiger partial charge < -0.3 is 19.5 Å². The monoisotopic (exact) mass is 1560 g/mol. The summed E-state index contributed by atoms with van der Waals surface area (Å²) in [7, 11) is 2.11. The molecule has 590 valence electrons. The molecule has 0 unspecified atom stereocenters. The van der Waals surface area contributed by atoms with Gasteiger partial charge >= 0.3 is 0 Å². The highest BCUT2D eigenvalue weighted by Crippen LogP contribution is 2.34. The first-order valence-electron chi connectivity index (χ1n) is 39.9. The number of fused-ring (bicyclic) bond motifs is 8. The molecular weight excluding hydrogens is 1470 g/mol. The Morgan fingerprint density at radius 3 is 1.58 bits per heavy atom. The maximum atomic E-state index is 13.1. The number of rotatable bonds is 10. The number of anilines is 1. The minimum absolute atomic E-state index is 0.0888. The second-order valence-electron chi connectivity index (χ2n) is 31.0. The van der Waals surface area contributed by atoms with Crippen LogP contribution in [0.4, 0.5) is 5.69 Å². The number of hydrogen-bond donors (Lipinski definition) is 1. The summed E-state index contributed by atoms with van der Waals surface area (Å²) < 4.78 is 17.8. The largest absolute Gasteiger partial charge is 0.453 e. The number of nitrogens with one attached hydrogen (secondary N) is 1. The van der Waals surface area contributed by atoms with Crippen LogP contribution in [0.1, 0.15) is 95.4 Å². The Morgan fingerprint density at radius 1 is 0.453 bits per heavy atom. The molecule has 0 radical (unpaired) electrons. The van der Waals surface area contributed by atoms with Crippen molar-refractivity contribution in [3.63, 3.8) is 0 Å². The van der Waals surface area contributed by atoms with Crippen LogP contribution in [0.5, 0.6) is 0 Å². The molecule has 1 saturated carbocycles. The quantitative estimate of drug-likeness (QED) is 0.133. The third-order valence-electron chi connectivity index (χ3n) is 22.5. The Hall–Kier alpha value is -13.2. The molecule has 28 heteroatoms. The van der Waals surface area contributed by atoms with Crippen LogP contribution in [-0.4, -0.2) is 186 Å². The molecule has 0 bridgehead atoms. The number of furan rings is 1. The number of hydrogen-bond acceptors (Lipinski definition) is 21. The van der Waals surface area contributed by atoms with Crippen molar-refractivity contribution in [2.45, 2.75) is 93.5 Å². The SMILES string of the molecule is CCN1CC=C(c2ccc3nc(-c4cc5cnc(C)cn5n4)cc(=O)n3c2)CC1.Cc1cc2cc(-c3cc(=O)n4cc(N5CCNCC5)ccc4n3)oc2c(C)n1.Cc1cn2nc(-c3cc(=O)n4cc(C5=CCN(C)CC5)ccc4n3)cc2cn1.Cc1cn2nc(-c3cc(=O)n4cc(C5=CCN(C6CC6)CC5)cc(C)c4n3)cc2c(C)n1. The standard InChI is InChI=1S/C25H26N6O.C22H22N6O.C21H20N6O.C21H21N5O2/c1-15-10-19(18-6-8-29(9-7-18)20-4-5-20)14-30-24(32)12-21(27-25(15)30)22-11-23-17(3)26-16(2)13-31(23)28-22;1-3-26-8-6-16(7-9-26)17-4-5-21-24-19(11-22(29)27(21)14-17)20-10-18-12-23-15(2)13-28(18)25-20;1-14-12-27-17(11-22-14)9-19(24-27)18-10-21(28)26-13-16(3-4-20(26)23-18)15-5-7-25(2)8-6-15;1-13-9-15-10-18(28-21(15)14(2)23-13)17-11-20(27)26-12-16(3-4-19(26)24-17)25-7-5-22-6-8-25/h6,10-14,20H,4-5,7-9H2,1-3H3;4-6,10-14H,3,7-9H2,1-2H3;3-5,9-13H,6-8H2,1-2H3;3-4,9-12,22H,5-8H2,1-2H3. The van der Waals surface area contributed by atoms with E-state index in [9.17, 15) is 19.2 Å². The van der Waals surface area contributed by atoms with Gasteiger partial charge in [-0.3, -0.25) is 66.5 Å². The van der Waals surface area contributed by atoms with Crippen molar-refractivity contribution in [3.05, 3.63) is 269 Å². The van der Waals surface area contributed by atoms with Crippen LogP contribution < -0.4 is 32.5 Å². The Morgan fingerprint density at radius 2 is 0.983 bits per heavy atom. The molecule has 117 heavy (non-hydrogen) atoms. The van der Waals surface area contributed by atoms with Gasteiger partial charge in [-0.25, -0.2) is 33.5 Å². The third-order valence-corrected chi connectivity index (χ3v) is 22.5. The van der Waals surface area contributed by atoms with Gasteiger partial charge in [0, 0.05) is 132 Å². The highest BCUT2D eigenvalue weighted by Gasteiger charge is 2.30. The first-order chi connectivity index (χ1) is 56.7. The zero-order chi connectivity index (χ0) is 80.4. The first-order valence-corrected chi connectivity index (χ1v) is 39.9. The minimum Gasteiger partial charge on any atom is -0.453 e. The summed E-state index contributed by atoms with van der Waals surface area (Å²) in [6.07, 6.45) is 29.2.